The molecule has 0 bridgehead atoms. The zero-order valence-electron chi connectivity index (χ0n) is 23.6. The molecule has 41 heavy (non-hydrogen) atoms. The van der Waals surface area contributed by atoms with E-state index >= 15 is 4.39 Å². The SMILES string of the molecule is CC(C)OC(=O)[C@@H](C)N[P@](=S)(OC[C@H]1O[C@@H](n2cnc3c(N(C)C)nc(N)nc32)[C@](C)(F)[C@@H]1O)Oc1ccccc1. The smallest absolute Gasteiger partial charge is 0.323 e. The first kappa shape index (κ1) is 31.0. The highest BCUT2D eigenvalue weighted by Crippen LogP contribution is 2.48. The molecule has 0 radical (unpaired) electrons. The van der Waals surface area contributed by atoms with Crippen LogP contribution in [0.4, 0.5) is 16.2 Å². The second-order valence-corrected chi connectivity index (χ2v) is 13.4. The third-order valence-electron chi connectivity index (χ3n) is 6.25. The summed E-state index contributed by atoms with van der Waals surface area (Å²) >= 11 is 5.71. The zero-order chi connectivity index (χ0) is 30.1. The predicted molar refractivity (Wildman–Crippen MR) is 155 cm³/mol. The summed E-state index contributed by atoms with van der Waals surface area (Å²) in [7, 11) is 3.53. The molecular weight excluding hydrogens is 576 g/mol. The van der Waals surface area contributed by atoms with Gasteiger partial charge in [-0.1, -0.05) is 18.2 Å². The summed E-state index contributed by atoms with van der Waals surface area (Å²) in [5.41, 5.74) is 4.24. The summed E-state index contributed by atoms with van der Waals surface area (Å²) in [4.78, 5) is 27.0. The van der Waals surface area contributed by atoms with Crippen molar-refractivity contribution in [3.8, 4) is 5.75 Å². The Kier molecular flexibility index (Phi) is 9.16. The lowest BCUT2D eigenvalue weighted by atomic mass is 9.98. The van der Waals surface area contributed by atoms with Crippen LogP contribution >= 0.6 is 6.64 Å². The molecule has 6 atom stereocenters. The van der Waals surface area contributed by atoms with Gasteiger partial charge in [0, 0.05) is 14.1 Å². The number of hydrogen-bond donors (Lipinski definition) is 3. The van der Waals surface area contributed by atoms with Gasteiger partial charge in [-0.15, -0.1) is 0 Å². The van der Waals surface area contributed by atoms with Crippen molar-refractivity contribution in [3.63, 3.8) is 0 Å². The number of aliphatic hydroxyl groups is 1. The van der Waals surface area contributed by atoms with Crippen molar-refractivity contribution in [1.29, 1.82) is 0 Å². The number of halogens is 1. The summed E-state index contributed by atoms with van der Waals surface area (Å²) in [6, 6.07) is 7.78. The highest BCUT2D eigenvalue weighted by Gasteiger charge is 2.56. The van der Waals surface area contributed by atoms with Crippen molar-refractivity contribution in [1.82, 2.24) is 24.6 Å². The lowest BCUT2D eigenvalue weighted by Crippen LogP contribution is -2.41. The molecule has 4 N–H and O–H groups in total. The molecule has 1 aliphatic rings. The number of anilines is 2. The minimum Gasteiger partial charge on any atom is -0.462 e. The first-order valence-corrected chi connectivity index (χ1v) is 15.5. The Morgan fingerprint density at radius 1 is 1.32 bits per heavy atom. The maximum absolute atomic E-state index is 16.1. The Morgan fingerprint density at radius 2 is 2.00 bits per heavy atom. The minimum absolute atomic E-state index is 0.0307. The van der Waals surface area contributed by atoms with Crippen LogP contribution in [0.2, 0.25) is 0 Å². The number of carbonyl (C=O) groups excluding carboxylic acids is 1. The van der Waals surface area contributed by atoms with E-state index in [2.05, 4.69) is 20.0 Å². The first-order chi connectivity index (χ1) is 19.2. The van der Waals surface area contributed by atoms with Crippen LogP contribution in [0, 0.1) is 0 Å². The van der Waals surface area contributed by atoms with Crippen LogP contribution in [0.1, 0.15) is 33.9 Å². The summed E-state index contributed by atoms with van der Waals surface area (Å²) in [5.74, 6) is 0.262. The number of nitrogens with two attached hydrogens (primary N) is 1. The van der Waals surface area contributed by atoms with Gasteiger partial charge in [0.25, 0.3) is 0 Å². The minimum atomic E-state index is -3.45. The second-order valence-electron chi connectivity index (χ2n) is 10.3. The van der Waals surface area contributed by atoms with E-state index in [0.717, 1.165) is 0 Å². The van der Waals surface area contributed by atoms with Gasteiger partial charge < -0.3 is 34.3 Å². The van der Waals surface area contributed by atoms with Gasteiger partial charge in [-0.3, -0.25) is 9.36 Å². The largest absolute Gasteiger partial charge is 0.462 e. The number of fused-ring (bicyclic) bond motifs is 1. The second kappa shape index (κ2) is 12.1. The van der Waals surface area contributed by atoms with Crippen LogP contribution in [0.5, 0.6) is 5.75 Å². The number of aliphatic hydroxyl groups excluding tert-OH is 1. The molecule has 3 heterocycles. The molecule has 13 nitrogen and oxygen atoms in total. The zero-order valence-corrected chi connectivity index (χ0v) is 25.3. The van der Waals surface area contributed by atoms with Gasteiger partial charge in [0.15, 0.2) is 28.9 Å². The number of para-hydroxylation sites is 1. The lowest BCUT2D eigenvalue weighted by molar-refractivity contribution is -0.149. The van der Waals surface area contributed by atoms with Crippen molar-refractivity contribution in [2.75, 3.05) is 31.3 Å². The first-order valence-electron chi connectivity index (χ1n) is 12.9. The van der Waals surface area contributed by atoms with Crippen LogP contribution in [0.25, 0.3) is 11.2 Å². The van der Waals surface area contributed by atoms with E-state index in [1.54, 1.807) is 70.1 Å². The Balaban J connectivity index is 1.57. The quantitative estimate of drug-likeness (QED) is 0.215. The molecule has 0 saturated carbocycles. The predicted octanol–water partition coefficient (Wildman–Crippen LogP) is 2.71. The molecule has 1 saturated heterocycles. The normalized spacial score (nSPS) is 24.8. The number of nitrogens with one attached hydrogen (secondary N) is 1. The highest BCUT2D eigenvalue weighted by atomic mass is 32.5. The number of alkyl halides is 1. The van der Waals surface area contributed by atoms with Crippen LogP contribution < -0.4 is 20.2 Å². The Labute approximate surface area is 242 Å². The molecule has 0 aliphatic carbocycles. The molecule has 1 aromatic carbocycles. The number of aromatic nitrogens is 4. The molecule has 3 aromatic rings. The van der Waals surface area contributed by atoms with E-state index in [1.165, 1.54) is 17.8 Å². The third-order valence-corrected chi connectivity index (χ3v) is 8.75. The Hall–Kier alpha value is -2.94. The van der Waals surface area contributed by atoms with Crippen LogP contribution in [-0.4, -0.2) is 81.3 Å². The van der Waals surface area contributed by atoms with Crippen LogP contribution in [-0.2, 0) is 30.6 Å². The van der Waals surface area contributed by atoms with Crippen molar-refractivity contribution in [2.24, 2.45) is 0 Å². The highest BCUT2D eigenvalue weighted by molar-refractivity contribution is 8.09. The molecule has 0 amide bonds. The van der Waals surface area contributed by atoms with Crippen LogP contribution in [0.3, 0.4) is 0 Å². The molecule has 16 heteroatoms. The molecule has 2 aromatic heterocycles. The number of nitrogens with zero attached hydrogens (tertiary/aromatic N) is 5. The number of esters is 1. The van der Waals surface area contributed by atoms with E-state index < -0.39 is 42.8 Å². The molecule has 0 unspecified atom stereocenters. The van der Waals surface area contributed by atoms with Crippen molar-refractivity contribution in [3.05, 3.63) is 36.7 Å². The van der Waals surface area contributed by atoms with Gasteiger partial charge in [0.1, 0.15) is 24.0 Å². The van der Waals surface area contributed by atoms with Gasteiger partial charge in [-0.2, -0.15) is 9.97 Å². The number of imidazole rings is 1. The van der Waals surface area contributed by atoms with Gasteiger partial charge in [-0.05, 0) is 51.6 Å². The summed E-state index contributed by atoms with van der Waals surface area (Å²) in [5, 5.41) is 13.9. The standard InChI is InChI=1S/C25H35FN7O6PS/c1-14(2)37-22(35)15(3)31-40(41,39-16-10-8-7-9-11-16)36-12-17-19(34)25(4,26)23(38-17)33-13-28-18-20(32(5)6)29-24(27)30-21(18)33/h7-11,13-15,17,19,23,34H,12H2,1-6H3,(H,31,41)(H2,27,29,30)/t15-,17-,19-,23-,25-,40+/m1/s1. The lowest BCUT2D eigenvalue weighted by Gasteiger charge is -2.28. The number of rotatable bonds is 11. The van der Waals surface area contributed by atoms with Crippen molar-refractivity contribution in [2.45, 2.75) is 63.9 Å². The molecule has 1 fully saturated rings. The number of nitrogen functional groups attached to an aromatic ring is 1. The summed E-state index contributed by atoms with van der Waals surface area (Å²) in [6.45, 7) is 2.43. The average molecular weight is 612 g/mol. The van der Waals surface area contributed by atoms with Gasteiger partial charge in [0.05, 0.1) is 19.0 Å². The van der Waals surface area contributed by atoms with Gasteiger partial charge in [-0.25, -0.2) is 14.5 Å². The van der Waals surface area contributed by atoms with E-state index in [-0.39, 0.29) is 24.3 Å². The number of carbonyl (C=O) groups is 1. The van der Waals surface area contributed by atoms with Gasteiger partial charge in [0.2, 0.25) is 5.95 Å². The number of benzene rings is 1. The van der Waals surface area contributed by atoms with E-state index in [9.17, 15) is 9.90 Å². The third kappa shape index (κ3) is 6.76. The van der Waals surface area contributed by atoms with E-state index in [1.807, 2.05) is 0 Å². The van der Waals surface area contributed by atoms with E-state index in [0.29, 0.717) is 17.1 Å². The van der Waals surface area contributed by atoms with Crippen LogP contribution in [0.15, 0.2) is 36.7 Å². The average Bonchev–Trinajstić information content (AvgIpc) is 3.40. The number of ether oxygens (including phenoxy) is 2. The van der Waals surface area contributed by atoms with Crippen molar-refractivity contribution < 1.29 is 32.8 Å². The monoisotopic (exact) mass is 611 g/mol. The summed E-state index contributed by atoms with van der Waals surface area (Å²) < 4.78 is 40.7. The topological polar surface area (TPSA) is 159 Å². The van der Waals surface area contributed by atoms with E-state index in [4.69, 9.17) is 36.1 Å². The fourth-order valence-electron chi connectivity index (χ4n) is 4.26. The molecule has 1 aliphatic heterocycles. The van der Waals surface area contributed by atoms with Crippen molar-refractivity contribution >= 4 is 47.3 Å². The summed E-state index contributed by atoms with van der Waals surface area (Å²) in [6.07, 6.45) is -3.10. The number of hydrogen-bond acceptors (Lipinski definition) is 12. The maximum atomic E-state index is 16.1. The maximum Gasteiger partial charge on any atom is 0.323 e. The fourth-order valence-corrected chi connectivity index (χ4v) is 6.68. The van der Waals surface area contributed by atoms with Gasteiger partial charge >= 0.3 is 12.6 Å². The molecule has 4 rings (SSSR count). The molecular formula is C25H35FN7O6PS. The fraction of sp³-hybridized carbons (Fsp3) is 0.520. The Morgan fingerprint density at radius 3 is 2.63 bits per heavy atom. The molecule has 0 spiro atoms. The molecule has 224 valence electrons. The Bertz CT molecular complexity index is 1430.